The molecule has 16 heavy (non-hydrogen) atoms. The summed E-state index contributed by atoms with van der Waals surface area (Å²) in [7, 11) is -2.15. The van der Waals surface area contributed by atoms with Gasteiger partial charge in [-0.25, -0.2) is 8.42 Å². The van der Waals surface area contributed by atoms with Crippen molar-refractivity contribution in [1.29, 1.82) is 5.26 Å². The number of hydrogen-bond donors (Lipinski definition) is 1. The zero-order valence-corrected chi connectivity index (χ0v) is 10.8. The molecule has 0 unspecified atom stereocenters. The number of halogens is 1. The predicted octanol–water partition coefficient (Wildman–Crippen LogP) is 1.72. The average molecular weight is 305 g/mol. The van der Waals surface area contributed by atoms with Crippen molar-refractivity contribution in [2.45, 2.75) is 0 Å². The van der Waals surface area contributed by atoms with Gasteiger partial charge in [0.15, 0.2) is 5.75 Å². The predicted molar refractivity (Wildman–Crippen MR) is 63.7 cm³/mol. The van der Waals surface area contributed by atoms with E-state index in [4.69, 9.17) is 10.00 Å². The number of benzene rings is 1. The quantitative estimate of drug-likeness (QED) is 0.918. The lowest BCUT2D eigenvalue weighted by Crippen LogP contribution is -2.15. The SMILES string of the molecule is COc1ccc(Br)c(NS(=O)(=O)CC#N)c1. The third kappa shape index (κ3) is 3.40. The van der Waals surface area contributed by atoms with Crippen LogP contribution in [-0.2, 0) is 10.0 Å². The molecule has 0 aromatic heterocycles. The first kappa shape index (κ1) is 12.8. The minimum Gasteiger partial charge on any atom is -0.497 e. The maximum absolute atomic E-state index is 11.4. The Balaban J connectivity index is 3.02. The van der Waals surface area contributed by atoms with Crippen LogP contribution in [0.15, 0.2) is 22.7 Å². The Morgan fingerprint density at radius 2 is 2.25 bits per heavy atom. The summed E-state index contributed by atoms with van der Waals surface area (Å²) in [5.74, 6) is -0.0609. The van der Waals surface area contributed by atoms with Crippen LogP contribution in [0.2, 0.25) is 0 Å². The van der Waals surface area contributed by atoms with Gasteiger partial charge in [-0.05, 0) is 28.1 Å². The molecule has 0 aliphatic heterocycles. The third-order valence-electron chi connectivity index (χ3n) is 1.69. The van der Waals surface area contributed by atoms with Gasteiger partial charge in [0.25, 0.3) is 0 Å². The first-order valence-corrected chi connectivity index (χ1v) is 6.64. The fourth-order valence-corrected chi connectivity index (χ4v) is 2.22. The molecule has 0 aliphatic rings. The number of sulfonamides is 1. The lowest BCUT2D eigenvalue weighted by atomic mass is 10.3. The Bertz CT molecular complexity index is 522. The molecule has 0 saturated heterocycles. The number of ether oxygens (including phenoxy) is 1. The minimum absolute atomic E-state index is 0.342. The van der Waals surface area contributed by atoms with Crippen LogP contribution in [0.4, 0.5) is 5.69 Å². The highest BCUT2D eigenvalue weighted by Gasteiger charge is 2.12. The Kier molecular flexibility index (Phi) is 4.15. The molecule has 86 valence electrons. The van der Waals surface area contributed by atoms with Crippen molar-refractivity contribution in [3.63, 3.8) is 0 Å². The summed E-state index contributed by atoms with van der Waals surface area (Å²) in [5, 5.41) is 8.34. The molecule has 7 heteroatoms. The zero-order valence-electron chi connectivity index (χ0n) is 8.40. The maximum atomic E-state index is 11.4. The summed E-state index contributed by atoms with van der Waals surface area (Å²) in [6, 6.07) is 6.45. The van der Waals surface area contributed by atoms with E-state index in [1.165, 1.54) is 13.2 Å². The van der Waals surface area contributed by atoms with Gasteiger partial charge in [0.05, 0.1) is 18.9 Å². The van der Waals surface area contributed by atoms with E-state index in [0.717, 1.165) is 0 Å². The molecule has 1 N–H and O–H groups in total. The molecule has 1 rings (SSSR count). The third-order valence-corrected chi connectivity index (χ3v) is 3.43. The summed E-state index contributed by atoms with van der Waals surface area (Å²) in [4.78, 5) is 0. The monoisotopic (exact) mass is 304 g/mol. The molecular weight excluding hydrogens is 296 g/mol. The molecule has 0 saturated carbocycles. The van der Waals surface area contributed by atoms with Crippen LogP contribution >= 0.6 is 15.9 Å². The maximum Gasteiger partial charge on any atom is 0.246 e. The highest BCUT2D eigenvalue weighted by Crippen LogP contribution is 2.27. The van der Waals surface area contributed by atoms with Crippen LogP contribution in [0.3, 0.4) is 0 Å². The molecule has 0 radical (unpaired) electrons. The molecule has 0 aliphatic carbocycles. The molecule has 0 atom stereocenters. The fraction of sp³-hybridized carbons (Fsp3) is 0.222. The highest BCUT2D eigenvalue weighted by atomic mass is 79.9. The van der Waals surface area contributed by atoms with E-state index in [-0.39, 0.29) is 0 Å². The van der Waals surface area contributed by atoms with Crippen LogP contribution < -0.4 is 9.46 Å². The van der Waals surface area contributed by atoms with E-state index in [2.05, 4.69) is 20.7 Å². The summed E-state index contributed by atoms with van der Waals surface area (Å²) < 4.78 is 30.5. The van der Waals surface area contributed by atoms with Crippen LogP contribution in [0.25, 0.3) is 0 Å². The largest absolute Gasteiger partial charge is 0.497 e. The van der Waals surface area contributed by atoms with Gasteiger partial charge in [-0.15, -0.1) is 0 Å². The van der Waals surface area contributed by atoms with Gasteiger partial charge in [0.1, 0.15) is 5.75 Å². The van der Waals surface area contributed by atoms with E-state index in [9.17, 15) is 8.42 Å². The zero-order chi connectivity index (χ0) is 12.2. The topological polar surface area (TPSA) is 79.2 Å². The number of rotatable bonds is 4. The number of nitrogens with one attached hydrogen (secondary N) is 1. The van der Waals surface area contributed by atoms with Crippen molar-refractivity contribution >= 4 is 31.6 Å². The molecule has 1 aromatic rings. The second-order valence-corrected chi connectivity index (χ2v) is 5.44. The summed E-state index contributed by atoms with van der Waals surface area (Å²) in [6.07, 6.45) is 0. The van der Waals surface area contributed by atoms with Crippen molar-refractivity contribution in [1.82, 2.24) is 0 Å². The smallest absolute Gasteiger partial charge is 0.246 e. The van der Waals surface area contributed by atoms with Gasteiger partial charge in [-0.3, -0.25) is 4.72 Å². The fourth-order valence-electron chi connectivity index (χ4n) is 0.998. The van der Waals surface area contributed by atoms with Crippen molar-refractivity contribution in [2.24, 2.45) is 0 Å². The lowest BCUT2D eigenvalue weighted by molar-refractivity contribution is 0.415. The lowest BCUT2D eigenvalue weighted by Gasteiger charge is -2.09. The molecule has 0 bridgehead atoms. The number of nitrogens with zero attached hydrogens (tertiary/aromatic N) is 1. The number of anilines is 1. The Labute approximate surface area is 102 Å². The van der Waals surface area contributed by atoms with Crippen LogP contribution in [0.5, 0.6) is 5.75 Å². The van der Waals surface area contributed by atoms with Gasteiger partial charge >= 0.3 is 0 Å². The van der Waals surface area contributed by atoms with Crippen LogP contribution in [-0.4, -0.2) is 21.3 Å². The Morgan fingerprint density at radius 1 is 1.56 bits per heavy atom. The number of hydrogen-bond acceptors (Lipinski definition) is 4. The van der Waals surface area contributed by atoms with Gasteiger partial charge in [0, 0.05) is 10.5 Å². The first-order chi connectivity index (χ1) is 7.48. The highest BCUT2D eigenvalue weighted by molar-refractivity contribution is 9.10. The van der Waals surface area contributed by atoms with Crippen molar-refractivity contribution in [2.75, 3.05) is 17.6 Å². The van der Waals surface area contributed by atoms with E-state index in [1.807, 2.05) is 0 Å². The molecule has 0 heterocycles. The van der Waals surface area contributed by atoms with Crippen molar-refractivity contribution in [3.05, 3.63) is 22.7 Å². The van der Waals surface area contributed by atoms with Crippen molar-refractivity contribution < 1.29 is 13.2 Å². The minimum atomic E-state index is -3.63. The number of nitriles is 1. The standard InChI is InChI=1S/C9H9BrN2O3S/c1-15-7-2-3-8(10)9(6-7)12-16(13,14)5-4-11/h2-3,6,12H,5H2,1H3. The van der Waals surface area contributed by atoms with Gasteiger partial charge < -0.3 is 4.74 Å². The Hall–Kier alpha value is -1.26. The van der Waals surface area contributed by atoms with Crippen molar-refractivity contribution in [3.8, 4) is 11.8 Å². The first-order valence-electron chi connectivity index (χ1n) is 4.19. The molecule has 5 nitrogen and oxygen atoms in total. The van der Waals surface area contributed by atoms with Gasteiger partial charge in [-0.1, -0.05) is 0 Å². The van der Waals surface area contributed by atoms with Gasteiger partial charge in [0.2, 0.25) is 10.0 Å². The molecule has 0 spiro atoms. The van der Waals surface area contributed by atoms with Crippen LogP contribution in [0, 0.1) is 11.3 Å². The van der Waals surface area contributed by atoms with E-state index >= 15 is 0 Å². The number of methoxy groups -OCH3 is 1. The average Bonchev–Trinajstić information content (AvgIpc) is 2.21. The summed E-state index contributed by atoms with van der Waals surface area (Å²) >= 11 is 3.20. The van der Waals surface area contributed by atoms with E-state index in [0.29, 0.717) is 15.9 Å². The second-order valence-electron chi connectivity index (χ2n) is 2.87. The normalized spacial score (nSPS) is 10.6. The molecule has 0 amide bonds. The summed E-state index contributed by atoms with van der Waals surface area (Å²) in [6.45, 7) is 0. The summed E-state index contributed by atoms with van der Waals surface area (Å²) in [5.41, 5.74) is 0.342. The van der Waals surface area contributed by atoms with Gasteiger partial charge in [-0.2, -0.15) is 5.26 Å². The molecular formula is C9H9BrN2O3S. The second kappa shape index (κ2) is 5.18. The van der Waals surface area contributed by atoms with E-state index < -0.39 is 15.8 Å². The Morgan fingerprint density at radius 3 is 2.81 bits per heavy atom. The van der Waals surface area contributed by atoms with E-state index in [1.54, 1.807) is 18.2 Å². The molecule has 1 aromatic carbocycles. The van der Waals surface area contributed by atoms with Crippen LogP contribution in [0.1, 0.15) is 0 Å². The molecule has 0 fully saturated rings.